The first-order valence-corrected chi connectivity index (χ1v) is 7.76. The Morgan fingerprint density at radius 2 is 2.00 bits per heavy atom. The normalized spacial score (nSPS) is 15.6. The van der Waals surface area contributed by atoms with Crippen LogP contribution in [0.1, 0.15) is 11.3 Å². The van der Waals surface area contributed by atoms with Gasteiger partial charge in [-0.1, -0.05) is 0 Å². The van der Waals surface area contributed by atoms with E-state index in [-0.39, 0.29) is 29.7 Å². The van der Waals surface area contributed by atoms with Crippen LogP contribution in [-0.4, -0.2) is 35.2 Å². The molecule has 1 aliphatic rings. The van der Waals surface area contributed by atoms with Crippen molar-refractivity contribution >= 4 is 29.3 Å². The molecule has 130 valence electrons. The molecule has 3 rings (SSSR count). The number of phenols is 1. The Morgan fingerprint density at radius 3 is 2.56 bits per heavy atom. The summed E-state index contributed by atoms with van der Waals surface area (Å²) in [4.78, 5) is 14.0. The Bertz CT molecular complexity index is 820. The fourth-order valence-electron chi connectivity index (χ4n) is 2.44. The number of nitrogens with one attached hydrogen (secondary N) is 1. The lowest BCUT2D eigenvalue weighted by molar-refractivity contribution is -0.122. The van der Waals surface area contributed by atoms with Gasteiger partial charge in [0.15, 0.2) is 16.6 Å². The molecule has 0 unspecified atom stereocenters. The molecule has 0 saturated carbocycles. The maximum Gasteiger partial charge on any atom is 0.276 e. The van der Waals surface area contributed by atoms with Crippen LogP contribution in [0, 0.1) is 0 Å². The lowest BCUT2D eigenvalue weighted by Gasteiger charge is -2.11. The first kappa shape index (κ1) is 16.8. The molecule has 1 saturated heterocycles. The number of carbonyl (C=O) groups is 1. The number of carbonyl (C=O) groups excluding carboxylic acids is 1. The first-order valence-electron chi connectivity index (χ1n) is 7.35. The van der Waals surface area contributed by atoms with E-state index < -0.39 is 0 Å². The van der Waals surface area contributed by atoms with Crippen LogP contribution in [0.5, 0.6) is 17.2 Å². The number of hydrogen-bond acceptors (Lipinski definition) is 6. The zero-order valence-corrected chi connectivity index (χ0v) is 14.4. The topological polar surface area (TPSA) is 84.2 Å². The molecule has 1 fully saturated rings. The van der Waals surface area contributed by atoms with E-state index in [9.17, 15) is 9.90 Å². The van der Waals surface area contributed by atoms with Gasteiger partial charge < -0.3 is 24.3 Å². The number of rotatable bonds is 5. The van der Waals surface area contributed by atoms with Crippen molar-refractivity contribution in [3.8, 4) is 17.2 Å². The van der Waals surface area contributed by atoms with Gasteiger partial charge in [0.1, 0.15) is 11.5 Å². The molecule has 0 radical (unpaired) electrons. The van der Waals surface area contributed by atoms with Crippen LogP contribution in [0.25, 0.3) is 6.08 Å². The van der Waals surface area contributed by atoms with E-state index in [1.165, 1.54) is 25.4 Å². The van der Waals surface area contributed by atoms with E-state index in [2.05, 4.69) is 5.32 Å². The van der Waals surface area contributed by atoms with E-state index in [0.29, 0.717) is 22.1 Å². The molecule has 2 aromatic rings. The monoisotopic (exact) mass is 360 g/mol. The van der Waals surface area contributed by atoms with Crippen molar-refractivity contribution in [2.45, 2.75) is 6.54 Å². The fourth-order valence-corrected chi connectivity index (χ4v) is 2.69. The first-order chi connectivity index (χ1) is 12.0. The van der Waals surface area contributed by atoms with Gasteiger partial charge >= 0.3 is 0 Å². The van der Waals surface area contributed by atoms with Crippen LogP contribution in [0.3, 0.4) is 0 Å². The zero-order chi connectivity index (χ0) is 18.0. The molecule has 7 nitrogen and oxygen atoms in total. The minimum atomic E-state index is -0.271. The van der Waals surface area contributed by atoms with Crippen molar-refractivity contribution in [1.29, 1.82) is 0 Å². The smallest absolute Gasteiger partial charge is 0.276 e. The number of amides is 1. The molecule has 2 heterocycles. The summed E-state index contributed by atoms with van der Waals surface area (Å²) in [6.07, 6.45) is 3.15. The van der Waals surface area contributed by atoms with Gasteiger partial charge in [-0.3, -0.25) is 9.69 Å². The van der Waals surface area contributed by atoms with E-state index in [1.54, 1.807) is 30.3 Å². The van der Waals surface area contributed by atoms with E-state index in [4.69, 9.17) is 26.1 Å². The minimum Gasteiger partial charge on any atom is -0.502 e. The number of ether oxygens (including phenoxy) is 2. The van der Waals surface area contributed by atoms with Gasteiger partial charge in [0.2, 0.25) is 5.75 Å². The number of hydrogen-bond donors (Lipinski definition) is 2. The van der Waals surface area contributed by atoms with Gasteiger partial charge in [-0.05, 0) is 48.1 Å². The minimum absolute atomic E-state index is 0.104. The number of thiocarbonyl (C=S) groups is 1. The lowest BCUT2D eigenvalue weighted by atomic mass is 10.1. The largest absolute Gasteiger partial charge is 0.502 e. The number of benzene rings is 1. The number of phenolic OH excluding ortho intramolecular Hbond substituents is 1. The standard InChI is InChI=1S/C17H16N2O5S/c1-22-13-7-10(8-14(23-2)15(13)20)6-12-16(21)19(17(25)18-12)9-11-4-3-5-24-11/h3-8,20H,9H2,1-2H3,(H,18,25)/b12-6-. The van der Waals surface area contributed by atoms with Gasteiger partial charge in [0.05, 0.1) is 27.0 Å². The summed E-state index contributed by atoms with van der Waals surface area (Å²) in [5.74, 6) is 0.741. The van der Waals surface area contributed by atoms with Crippen LogP contribution in [0.4, 0.5) is 0 Å². The Labute approximate surface area is 149 Å². The molecule has 0 atom stereocenters. The Kier molecular flexibility index (Phi) is 4.62. The third-order valence-corrected chi connectivity index (χ3v) is 3.99. The molecule has 25 heavy (non-hydrogen) atoms. The number of nitrogens with zero attached hydrogens (tertiary/aromatic N) is 1. The van der Waals surface area contributed by atoms with Crippen LogP contribution >= 0.6 is 12.2 Å². The van der Waals surface area contributed by atoms with Crippen molar-refractivity contribution in [2.75, 3.05) is 14.2 Å². The maximum atomic E-state index is 12.6. The van der Waals surface area contributed by atoms with Crippen LogP contribution in [-0.2, 0) is 11.3 Å². The van der Waals surface area contributed by atoms with Gasteiger partial charge in [0, 0.05) is 0 Å². The lowest BCUT2D eigenvalue weighted by Crippen LogP contribution is -2.29. The summed E-state index contributed by atoms with van der Waals surface area (Å²) in [6.45, 7) is 0.247. The molecule has 0 bridgehead atoms. The van der Waals surface area contributed by atoms with Crippen molar-refractivity contribution in [3.05, 3.63) is 47.5 Å². The Morgan fingerprint density at radius 1 is 1.32 bits per heavy atom. The number of aromatic hydroxyl groups is 1. The Hall–Kier alpha value is -3.00. The van der Waals surface area contributed by atoms with Gasteiger partial charge in [0.25, 0.3) is 5.91 Å². The molecule has 1 aromatic heterocycles. The third kappa shape index (κ3) is 3.29. The second kappa shape index (κ2) is 6.86. The van der Waals surface area contributed by atoms with E-state index >= 15 is 0 Å². The second-order valence-electron chi connectivity index (χ2n) is 5.23. The van der Waals surface area contributed by atoms with Crippen molar-refractivity contribution in [2.24, 2.45) is 0 Å². The summed E-state index contributed by atoms with van der Waals surface area (Å²) in [5.41, 5.74) is 0.927. The molecule has 8 heteroatoms. The van der Waals surface area contributed by atoms with Crippen LogP contribution in [0.2, 0.25) is 0 Å². The molecule has 1 aromatic carbocycles. The van der Waals surface area contributed by atoms with Gasteiger partial charge in [-0.2, -0.15) is 0 Å². The van der Waals surface area contributed by atoms with Crippen LogP contribution in [0.15, 0.2) is 40.6 Å². The summed E-state index contributed by atoms with van der Waals surface area (Å²) < 4.78 is 15.5. The summed E-state index contributed by atoms with van der Waals surface area (Å²) in [5, 5.41) is 13.1. The van der Waals surface area contributed by atoms with E-state index in [1.807, 2.05) is 0 Å². The highest BCUT2D eigenvalue weighted by molar-refractivity contribution is 7.80. The maximum absolute atomic E-state index is 12.6. The molecule has 0 aliphatic carbocycles. The second-order valence-corrected chi connectivity index (χ2v) is 5.62. The molecule has 2 N–H and O–H groups in total. The average Bonchev–Trinajstić information content (AvgIpc) is 3.20. The van der Waals surface area contributed by atoms with E-state index in [0.717, 1.165) is 0 Å². The summed E-state index contributed by atoms with van der Waals surface area (Å²) in [6, 6.07) is 6.71. The summed E-state index contributed by atoms with van der Waals surface area (Å²) in [7, 11) is 2.87. The predicted molar refractivity (Wildman–Crippen MR) is 94.2 cm³/mol. The molecule has 1 aliphatic heterocycles. The van der Waals surface area contributed by atoms with Crippen molar-refractivity contribution < 1.29 is 23.8 Å². The fraction of sp³-hybridized carbons (Fsp3) is 0.176. The third-order valence-electron chi connectivity index (χ3n) is 3.67. The number of furan rings is 1. The summed E-state index contributed by atoms with van der Waals surface area (Å²) >= 11 is 5.22. The number of methoxy groups -OCH3 is 2. The average molecular weight is 360 g/mol. The highest BCUT2D eigenvalue weighted by atomic mass is 32.1. The highest BCUT2D eigenvalue weighted by Crippen LogP contribution is 2.37. The molecular formula is C17H16N2O5S. The van der Waals surface area contributed by atoms with Gasteiger partial charge in [-0.25, -0.2) is 0 Å². The molecule has 1 amide bonds. The van der Waals surface area contributed by atoms with Crippen molar-refractivity contribution in [3.63, 3.8) is 0 Å². The Balaban J connectivity index is 1.89. The van der Waals surface area contributed by atoms with Gasteiger partial charge in [-0.15, -0.1) is 0 Å². The quantitative estimate of drug-likeness (QED) is 0.625. The predicted octanol–water partition coefficient (Wildman–Crippen LogP) is 2.26. The van der Waals surface area contributed by atoms with Crippen LogP contribution < -0.4 is 14.8 Å². The zero-order valence-electron chi connectivity index (χ0n) is 13.6. The van der Waals surface area contributed by atoms with Crippen molar-refractivity contribution in [1.82, 2.24) is 10.2 Å². The SMILES string of the molecule is COc1cc(/C=C2\NC(=S)N(Cc3ccco3)C2=O)cc(OC)c1O. The molecular weight excluding hydrogens is 344 g/mol. The molecule has 0 spiro atoms. The highest BCUT2D eigenvalue weighted by Gasteiger charge is 2.31.